The van der Waals surface area contributed by atoms with Crippen LogP contribution < -0.4 is 0 Å². The topological polar surface area (TPSA) is 28.7 Å². The fourth-order valence-electron chi connectivity index (χ4n) is 3.64. The molecule has 0 aliphatic rings. The molecule has 1 aromatic heterocycles. The summed E-state index contributed by atoms with van der Waals surface area (Å²) in [6.07, 6.45) is 1.83. The Bertz CT molecular complexity index is 1260. The van der Waals surface area contributed by atoms with Gasteiger partial charge in [-0.15, -0.1) is 0 Å². The normalized spacial score (nSPS) is 11.6. The fourth-order valence-corrected chi connectivity index (χ4v) is 3.64. The van der Waals surface area contributed by atoms with Crippen molar-refractivity contribution in [2.24, 2.45) is 0 Å². The molecule has 0 radical (unpaired) electrons. The van der Waals surface area contributed by atoms with Crippen LogP contribution in [-0.4, -0.2) is 4.57 Å². The van der Waals surface area contributed by atoms with Crippen molar-refractivity contribution in [3.05, 3.63) is 101 Å². The fraction of sp³-hybridized carbons (Fsp3) is 0.0800. The first-order chi connectivity index (χ1) is 13.6. The van der Waals surface area contributed by atoms with Gasteiger partial charge < -0.3 is 4.57 Å². The van der Waals surface area contributed by atoms with Crippen molar-refractivity contribution < 1.29 is 4.39 Å². The quantitative estimate of drug-likeness (QED) is 0.383. The lowest BCUT2D eigenvalue weighted by atomic mass is 10.0. The number of hydrogen-bond donors (Lipinski definition) is 0. The van der Waals surface area contributed by atoms with Crippen molar-refractivity contribution in [1.29, 1.82) is 5.26 Å². The van der Waals surface area contributed by atoms with Gasteiger partial charge in [-0.2, -0.15) is 5.26 Å². The summed E-state index contributed by atoms with van der Waals surface area (Å²) in [4.78, 5) is 0. The number of nitrogens with zero attached hydrogens (tertiary/aromatic N) is 2. The average Bonchev–Trinajstić information content (AvgIpc) is 2.98. The molecule has 0 atom stereocenters. The highest BCUT2D eigenvalue weighted by molar-refractivity contribution is 5.90. The molecule has 0 unspecified atom stereocenters. The summed E-state index contributed by atoms with van der Waals surface area (Å²) in [5, 5.41) is 12.0. The Morgan fingerprint density at radius 3 is 2.46 bits per heavy atom. The maximum atomic E-state index is 13.6. The number of fused-ring (bicyclic) bond motifs is 1. The third kappa shape index (κ3) is 3.21. The lowest BCUT2D eigenvalue weighted by Crippen LogP contribution is -1.99. The van der Waals surface area contributed by atoms with Crippen LogP contribution in [0.3, 0.4) is 0 Å². The molecule has 28 heavy (non-hydrogen) atoms. The number of hydrogen-bond acceptors (Lipinski definition) is 1. The van der Waals surface area contributed by atoms with Gasteiger partial charge in [0, 0.05) is 17.1 Å². The maximum Gasteiger partial charge on any atom is 0.123 e. The van der Waals surface area contributed by atoms with Gasteiger partial charge in [-0.3, -0.25) is 0 Å². The summed E-state index contributed by atoms with van der Waals surface area (Å²) >= 11 is 0. The summed E-state index contributed by atoms with van der Waals surface area (Å²) in [6.45, 7) is 4.09. The van der Waals surface area contributed by atoms with E-state index in [1.807, 2.05) is 32.1 Å². The monoisotopic (exact) mass is 366 g/mol. The number of allylic oxidation sites excluding steroid dienone is 1. The molecule has 2 nitrogen and oxygen atoms in total. The van der Waals surface area contributed by atoms with E-state index >= 15 is 0 Å². The molecule has 0 saturated heterocycles. The number of aromatic nitrogens is 1. The van der Waals surface area contributed by atoms with E-state index in [0.29, 0.717) is 11.1 Å². The van der Waals surface area contributed by atoms with Crippen LogP contribution in [0.15, 0.2) is 72.8 Å². The highest BCUT2D eigenvalue weighted by Crippen LogP contribution is 2.27. The van der Waals surface area contributed by atoms with E-state index in [1.54, 1.807) is 12.1 Å². The van der Waals surface area contributed by atoms with Gasteiger partial charge in [0.15, 0.2) is 0 Å². The number of halogens is 1. The molecule has 0 fully saturated rings. The van der Waals surface area contributed by atoms with E-state index in [-0.39, 0.29) is 5.82 Å². The van der Waals surface area contributed by atoms with Crippen molar-refractivity contribution >= 4 is 22.4 Å². The zero-order valence-corrected chi connectivity index (χ0v) is 15.8. The molecule has 0 spiro atoms. The molecule has 3 heteroatoms. The third-order valence-corrected chi connectivity index (χ3v) is 5.02. The first-order valence-electron chi connectivity index (χ1n) is 9.12. The first-order valence-corrected chi connectivity index (χ1v) is 9.12. The zero-order chi connectivity index (χ0) is 19.7. The first kappa shape index (κ1) is 17.8. The predicted molar refractivity (Wildman–Crippen MR) is 113 cm³/mol. The lowest BCUT2D eigenvalue weighted by Gasteiger charge is -2.11. The maximum absolute atomic E-state index is 13.6. The van der Waals surface area contributed by atoms with Crippen molar-refractivity contribution in [2.45, 2.75) is 13.8 Å². The van der Waals surface area contributed by atoms with E-state index in [9.17, 15) is 9.65 Å². The molecule has 4 rings (SSSR count). The number of benzene rings is 3. The molecule has 3 aromatic carbocycles. The van der Waals surface area contributed by atoms with Crippen LogP contribution >= 0.6 is 0 Å². The minimum Gasteiger partial charge on any atom is -0.318 e. The second-order valence-corrected chi connectivity index (χ2v) is 6.87. The van der Waals surface area contributed by atoms with Crippen LogP contribution in [-0.2, 0) is 0 Å². The molecule has 0 bridgehead atoms. The third-order valence-electron chi connectivity index (χ3n) is 5.02. The van der Waals surface area contributed by atoms with Crippen molar-refractivity contribution in [2.75, 3.05) is 0 Å². The van der Waals surface area contributed by atoms with E-state index in [1.165, 1.54) is 22.9 Å². The molecule has 0 N–H and O–H groups in total. The Labute approximate surface area is 163 Å². The van der Waals surface area contributed by atoms with Gasteiger partial charge in [0.2, 0.25) is 0 Å². The van der Waals surface area contributed by atoms with Crippen molar-refractivity contribution in [1.82, 2.24) is 4.57 Å². The minimum absolute atomic E-state index is 0.347. The Balaban J connectivity index is 1.81. The Hall–Kier alpha value is -3.64. The van der Waals surface area contributed by atoms with Gasteiger partial charge in [-0.05, 0) is 72.2 Å². The molecule has 136 valence electrons. The van der Waals surface area contributed by atoms with E-state index in [2.05, 4.69) is 47.0 Å². The SMILES string of the molecule is Cc1cc(/C=C(/C#N)c2cccc(F)c2)c(C)n1-c1ccc2ccccc2c1. The van der Waals surface area contributed by atoms with Crippen LogP contribution in [0.5, 0.6) is 0 Å². The predicted octanol–water partition coefficient (Wildman–Crippen LogP) is 6.45. The van der Waals surface area contributed by atoms with Crippen molar-refractivity contribution in [3.8, 4) is 11.8 Å². The van der Waals surface area contributed by atoms with Crippen LogP contribution in [0, 0.1) is 31.0 Å². The Morgan fingerprint density at radius 2 is 1.71 bits per heavy atom. The second-order valence-electron chi connectivity index (χ2n) is 6.87. The van der Waals surface area contributed by atoms with Gasteiger partial charge in [0.1, 0.15) is 5.82 Å². The van der Waals surface area contributed by atoms with Gasteiger partial charge in [-0.1, -0.05) is 42.5 Å². The molecular formula is C25H19FN2. The van der Waals surface area contributed by atoms with E-state index in [4.69, 9.17) is 0 Å². The molecular weight excluding hydrogens is 347 g/mol. The van der Waals surface area contributed by atoms with Crippen LogP contribution in [0.25, 0.3) is 28.1 Å². The largest absolute Gasteiger partial charge is 0.318 e. The van der Waals surface area contributed by atoms with Crippen LogP contribution in [0.2, 0.25) is 0 Å². The molecule has 0 aliphatic carbocycles. The number of rotatable bonds is 3. The lowest BCUT2D eigenvalue weighted by molar-refractivity contribution is 0.627. The number of nitriles is 1. The van der Waals surface area contributed by atoms with Crippen LogP contribution in [0.1, 0.15) is 22.5 Å². The molecule has 0 saturated carbocycles. The Morgan fingerprint density at radius 1 is 0.929 bits per heavy atom. The molecule has 0 aliphatic heterocycles. The van der Waals surface area contributed by atoms with Crippen LogP contribution in [0.4, 0.5) is 4.39 Å². The van der Waals surface area contributed by atoms with Gasteiger partial charge in [-0.25, -0.2) is 4.39 Å². The summed E-state index contributed by atoms with van der Waals surface area (Å²) in [5.41, 5.74) is 5.17. The summed E-state index contributed by atoms with van der Waals surface area (Å²) in [7, 11) is 0. The Kier molecular flexibility index (Phi) is 4.55. The average molecular weight is 366 g/mol. The van der Waals surface area contributed by atoms with Gasteiger partial charge in [0.05, 0.1) is 11.6 Å². The smallest absolute Gasteiger partial charge is 0.123 e. The highest BCUT2D eigenvalue weighted by Gasteiger charge is 2.11. The molecule has 0 amide bonds. The molecule has 4 aromatic rings. The number of aryl methyl sites for hydroxylation is 1. The molecule has 1 heterocycles. The second kappa shape index (κ2) is 7.17. The standard InChI is InChI=1S/C25H19FN2/c1-17-12-22(13-23(16-27)20-8-5-9-24(26)14-20)18(2)28(17)25-11-10-19-6-3-4-7-21(19)15-25/h3-15H,1-2H3/b23-13-. The van der Waals surface area contributed by atoms with Gasteiger partial charge in [0.25, 0.3) is 0 Å². The summed E-state index contributed by atoms with van der Waals surface area (Å²) in [6, 6.07) is 25.1. The zero-order valence-electron chi connectivity index (χ0n) is 15.8. The van der Waals surface area contributed by atoms with E-state index < -0.39 is 0 Å². The van der Waals surface area contributed by atoms with Gasteiger partial charge >= 0.3 is 0 Å². The summed E-state index contributed by atoms with van der Waals surface area (Å²) < 4.78 is 15.7. The highest BCUT2D eigenvalue weighted by atomic mass is 19.1. The van der Waals surface area contributed by atoms with Crippen molar-refractivity contribution in [3.63, 3.8) is 0 Å². The summed E-state index contributed by atoms with van der Waals surface area (Å²) in [5.74, 6) is -0.347. The minimum atomic E-state index is -0.347. The van der Waals surface area contributed by atoms with E-state index in [0.717, 1.165) is 22.6 Å².